The molecule has 0 atom stereocenters. The monoisotopic (exact) mass is 371 g/mol. The second kappa shape index (κ2) is 6.79. The number of benzene rings is 2. The zero-order valence-electron chi connectivity index (χ0n) is 15.6. The van der Waals surface area contributed by atoms with Crippen molar-refractivity contribution in [3.63, 3.8) is 0 Å². The van der Waals surface area contributed by atoms with Crippen LogP contribution < -0.4 is 0 Å². The van der Waals surface area contributed by atoms with Crippen molar-refractivity contribution >= 4 is 22.4 Å². The number of hydrogen-bond donors (Lipinski definition) is 0. The second-order valence-corrected chi connectivity index (χ2v) is 8.11. The average molecular weight is 372 g/mol. The predicted molar refractivity (Wildman–Crippen MR) is 113 cm³/mol. The minimum atomic E-state index is -0.00415. The van der Waals surface area contributed by atoms with E-state index in [1.165, 1.54) is 0 Å². The van der Waals surface area contributed by atoms with Crippen LogP contribution in [0.25, 0.3) is 33.0 Å². The summed E-state index contributed by atoms with van der Waals surface area (Å²) < 4.78 is 0. The summed E-state index contributed by atoms with van der Waals surface area (Å²) in [4.78, 5) is 8.87. The van der Waals surface area contributed by atoms with E-state index in [4.69, 9.17) is 11.6 Å². The average Bonchev–Trinajstić information content (AvgIpc) is 2.67. The van der Waals surface area contributed by atoms with Gasteiger partial charge in [0.25, 0.3) is 0 Å². The highest BCUT2D eigenvalue weighted by Crippen LogP contribution is 2.37. The van der Waals surface area contributed by atoms with Crippen molar-refractivity contribution in [2.75, 3.05) is 0 Å². The summed E-state index contributed by atoms with van der Waals surface area (Å²) in [7, 11) is 0. The van der Waals surface area contributed by atoms with Crippen molar-refractivity contribution in [2.45, 2.75) is 26.2 Å². The molecule has 0 aliphatic carbocycles. The molecule has 2 heterocycles. The van der Waals surface area contributed by atoms with Crippen molar-refractivity contribution in [1.82, 2.24) is 9.97 Å². The fourth-order valence-corrected chi connectivity index (χ4v) is 3.48. The molecule has 0 aliphatic rings. The molecule has 1 radical (unpaired) electrons. The van der Waals surface area contributed by atoms with E-state index in [1.807, 2.05) is 36.8 Å². The fourth-order valence-electron chi connectivity index (χ4n) is 3.25. The van der Waals surface area contributed by atoms with Crippen LogP contribution in [0.2, 0.25) is 5.02 Å². The van der Waals surface area contributed by atoms with Gasteiger partial charge in [0.1, 0.15) is 0 Å². The maximum Gasteiger partial charge on any atom is 0.0490 e. The van der Waals surface area contributed by atoms with Crippen LogP contribution in [0.15, 0.2) is 67.1 Å². The summed E-state index contributed by atoms with van der Waals surface area (Å²) in [6.45, 7) is 6.53. The molecule has 0 fully saturated rings. The molecule has 0 bridgehead atoms. The Morgan fingerprint density at radius 3 is 2.56 bits per heavy atom. The van der Waals surface area contributed by atoms with E-state index >= 15 is 0 Å². The molecule has 0 unspecified atom stereocenters. The summed E-state index contributed by atoms with van der Waals surface area (Å²) >= 11 is 6.49. The Morgan fingerprint density at radius 1 is 0.926 bits per heavy atom. The number of pyridine rings is 2. The fraction of sp³-hybridized carbons (Fsp3) is 0.167. The van der Waals surface area contributed by atoms with Gasteiger partial charge >= 0.3 is 0 Å². The van der Waals surface area contributed by atoms with Crippen molar-refractivity contribution in [1.29, 1.82) is 0 Å². The van der Waals surface area contributed by atoms with Crippen molar-refractivity contribution in [3.05, 3.63) is 83.9 Å². The summed E-state index contributed by atoms with van der Waals surface area (Å²) in [5, 5.41) is 2.91. The van der Waals surface area contributed by atoms with E-state index in [2.05, 4.69) is 61.1 Å². The lowest BCUT2D eigenvalue weighted by Crippen LogP contribution is -2.13. The predicted octanol–water partition coefficient (Wildman–Crippen LogP) is 6.71. The largest absolute Gasteiger partial charge is 0.264 e. The molecule has 0 saturated heterocycles. The summed E-state index contributed by atoms with van der Waals surface area (Å²) in [5.74, 6) is 0. The first-order valence-corrected chi connectivity index (χ1v) is 9.32. The van der Waals surface area contributed by atoms with Crippen LogP contribution in [0.5, 0.6) is 0 Å². The molecular formula is C24H20ClN2. The molecule has 0 saturated carbocycles. The van der Waals surface area contributed by atoms with Gasteiger partial charge in [0.15, 0.2) is 0 Å². The van der Waals surface area contributed by atoms with E-state index in [-0.39, 0.29) is 5.41 Å². The van der Waals surface area contributed by atoms with Crippen LogP contribution >= 0.6 is 11.6 Å². The molecule has 2 aromatic carbocycles. The normalized spacial score (nSPS) is 11.7. The minimum Gasteiger partial charge on any atom is -0.264 e. The Kier molecular flexibility index (Phi) is 4.45. The van der Waals surface area contributed by atoms with Crippen molar-refractivity contribution < 1.29 is 0 Å². The lowest BCUT2D eigenvalue weighted by Gasteiger charge is -2.19. The first kappa shape index (κ1) is 17.7. The Balaban J connectivity index is 1.98. The smallest absolute Gasteiger partial charge is 0.0490 e. The zero-order chi connectivity index (χ0) is 19.0. The molecule has 3 heteroatoms. The van der Waals surface area contributed by atoms with Gasteiger partial charge in [-0.3, -0.25) is 9.97 Å². The van der Waals surface area contributed by atoms with E-state index in [0.717, 1.165) is 38.7 Å². The Hall–Kier alpha value is -2.71. The van der Waals surface area contributed by atoms with Crippen LogP contribution in [0.1, 0.15) is 26.5 Å². The van der Waals surface area contributed by atoms with E-state index < -0.39 is 0 Å². The summed E-state index contributed by atoms with van der Waals surface area (Å²) in [6, 6.07) is 19.4. The molecule has 2 nitrogen and oxygen atoms in total. The molecule has 4 rings (SSSR count). The van der Waals surface area contributed by atoms with Crippen LogP contribution in [-0.2, 0) is 5.41 Å². The Labute approximate surface area is 164 Å². The van der Waals surface area contributed by atoms with Crippen molar-refractivity contribution in [2.24, 2.45) is 0 Å². The number of aromatic nitrogens is 2. The van der Waals surface area contributed by atoms with Gasteiger partial charge < -0.3 is 0 Å². The van der Waals surface area contributed by atoms with E-state index in [9.17, 15) is 0 Å². The van der Waals surface area contributed by atoms with Crippen LogP contribution in [0.3, 0.4) is 0 Å². The maximum absolute atomic E-state index is 6.49. The molecule has 2 aromatic heterocycles. The third kappa shape index (κ3) is 3.45. The minimum absolute atomic E-state index is 0.00415. The van der Waals surface area contributed by atoms with Gasteiger partial charge in [0.05, 0.1) is 0 Å². The van der Waals surface area contributed by atoms with Crippen molar-refractivity contribution in [3.8, 4) is 22.3 Å². The third-order valence-corrected chi connectivity index (χ3v) is 5.03. The van der Waals surface area contributed by atoms with Gasteiger partial charge in [-0.2, -0.15) is 0 Å². The molecule has 0 spiro atoms. The van der Waals surface area contributed by atoms with Gasteiger partial charge in [-0.05, 0) is 64.5 Å². The van der Waals surface area contributed by atoms with Gasteiger partial charge in [-0.15, -0.1) is 0 Å². The number of halogens is 1. The molecule has 0 amide bonds. The van der Waals surface area contributed by atoms with Crippen LogP contribution in [0.4, 0.5) is 0 Å². The lowest BCUT2D eigenvalue weighted by molar-refractivity contribution is 0.569. The van der Waals surface area contributed by atoms with Crippen LogP contribution in [0, 0.1) is 6.07 Å². The highest BCUT2D eigenvalue weighted by molar-refractivity contribution is 6.33. The first-order valence-electron chi connectivity index (χ1n) is 8.94. The molecule has 27 heavy (non-hydrogen) atoms. The molecule has 0 N–H and O–H groups in total. The Bertz CT molecular complexity index is 1130. The Morgan fingerprint density at radius 2 is 1.78 bits per heavy atom. The molecule has 4 aromatic rings. The van der Waals surface area contributed by atoms with E-state index in [1.54, 1.807) is 6.07 Å². The van der Waals surface area contributed by atoms with Gasteiger partial charge in [0, 0.05) is 45.7 Å². The second-order valence-electron chi connectivity index (χ2n) is 7.71. The summed E-state index contributed by atoms with van der Waals surface area (Å²) in [5.41, 5.74) is 5.43. The number of hydrogen-bond acceptors (Lipinski definition) is 2. The maximum atomic E-state index is 6.49. The number of nitrogens with zero attached hydrogens (tertiary/aromatic N) is 2. The zero-order valence-corrected chi connectivity index (χ0v) is 16.4. The molecular weight excluding hydrogens is 352 g/mol. The molecule has 0 aliphatic heterocycles. The van der Waals surface area contributed by atoms with Gasteiger partial charge in [-0.1, -0.05) is 44.5 Å². The topological polar surface area (TPSA) is 25.8 Å². The highest BCUT2D eigenvalue weighted by atomic mass is 35.5. The first-order chi connectivity index (χ1) is 12.9. The number of fused-ring (bicyclic) bond motifs is 1. The lowest BCUT2D eigenvalue weighted by atomic mass is 9.89. The van der Waals surface area contributed by atoms with Crippen LogP contribution in [-0.4, -0.2) is 9.97 Å². The number of rotatable bonds is 2. The SMILES string of the molecule is CC(C)(C)c1cc(-c2cc(-c3cc[c]cc3Cl)c3ccncc3c2)ccn1. The summed E-state index contributed by atoms with van der Waals surface area (Å²) in [6.07, 6.45) is 5.60. The third-order valence-electron chi connectivity index (χ3n) is 4.72. The molecule has 133 valence electrons. The standard InChI is InChI=1S/C24H20ClN2/c1-24(2,3)23-14-16(8-11-27-23)17-12-18-15-26-10-9-19(18)21(13-17)20-6-4-5-7-22(20)25/h4,6-15H,1-3H3. The van der Waals surface area contributed by atoms with E-state index in [0.29, 0.717) is 5.02 Å². The highest BCUT2D eigenvalue weighted by Gasteiger charge is 2.17. The quantitative estimate of drug-likeness (QED) is 0.391. The van der Waals surface area contributed by atoms with Gasteiger partial charge in [-0.25, -0.2) is 0 Å². The van der Waals surface area contributed by atoms with Gasteiger partial charge in [0.2, 0.25) is 0 Å².